The van der Waals surface area contributed by atoms with Gasteiger partial charge >= 0.3 is 11.6 Å². The Kier molecular flexibility index (Phi) is 12.6. The lowest BCUT2D eigenvalue weighted by atomic mass is 9.93. The van der Waals surface area contributed by atoms with Crippen molar-refractivity contribution in [3.63, 3.8) is 0 Å². The summed E-state index contributed by atoms with van der Waals surface area (Å²) in [4.78, 5) is 25.2. The molecule has 46 heavy (non-hydrogen) atoms. The molecule has 0 saturated heterocycles. The first-order valence-corrected chi connectivity index (χ1v) is 15.4. The molecule has 0 unspecified atom stereocenters. The minimum atomic E-state index is -1.48. The summed E-state index contributed by atoms with van der Waals surface area (Å²) in [5.74, 6) is -0.567. The number of carbonyl (C=O) groups is 1. The standard InChI is InChI=1S/C38H46O8/c1-24(2)9-8-10-26(5)11-12-28-21-29(32(40)23-31(28)39)15-18-35(41)45-34(38(6,7)43)22-30-33(44-20-19-25(3)4)16-13-27-14-17-36(42)46-37(27)30/h9,11,13-19,21,23,34,39-40,43H,8,10,12,20,22H2,1-7H3/b18-15+,26-11+/t34-/m0/s1. The average Bonchev–Trinajstić information content (AvgIpc) is 2.95. The summed E-state index contributed by atoms with van der Waals surface area (Å²) in [5.41, 5.74) is 3.17. The molecule has 3 aromatic rings. The van der Waals surface area contributed by atoms with Crippen LogP contribution >= 0.6 is 0 Å². The van der Waals surface area contributed by atoms with Crippen LogP contribution in [0.4, 0.5) is 0 Å². The number of aliphatic hydroxyl groups is 1. The number of benzene rings is 2. The van der Waals surface area contributed by atoms with Gasteiger partial charge in [-0.3, -0.25) is 0 Å². The molecule has 1 aromatic heterocycles. The van der Waals surface area contributed by atoms with Gasteiger partial charge in [-0.1, -0.05) is 28.9 Å². The van der Waals surface area contributed by atoms with Gasteiger partial charge in [0.25, 0.3) is 0 Å². The lowest BCUT2D eigenvalue weighted by Gasteiger charge is -2.29. The van der Waals surface area contributed by atoms with Gasteiger partial charge in [0.1, 0.15) is 35.5 Å². The van der Waals surface area contributed by atoms with Crippen LogP contribution in [0.5, 0.6) is 17.2 Å². The molecule has 0 radical (unpaired) electrons. The van der Waals surface area contributed by atoms with Gasteiger partial charge in [-0.25, -0.2) is 9.59 Å². The summed E-state index contributed by atoms with van der Waals surface area (Å²) < 4.78 is 17.3. The molecule has 2 aromatic carbocycles. The number of aromatic hydroxyl groups is 2. The number of hydrogen-bond acceptors (Lipinski definition) is 8. The van der Waals surface area contributed by atoms with Crippen molar-refractivity contribution in [2.24, 2.45) is 0 Å². The number of fused-ring (bicyclic) bond motifs is 1. The molecule has 3 rings (SSSR count). The van der Waals surface area contributed by atoms with Crippen LogP contribution in [0.25, 0.3) is 17.0 Å². The molecule has 8 nitrogen and oxygen atoms in total. The highest BCUT2D eigenvalue weighted by Gasteiger charge is 2.32. The largest absolute Gasteiger partial charge is 0.508 e. The summed E-state index contributed by atoms with van der Waals surface area (Å²) in [7, 11) is 0. The molecule has 8 heteroatoms. The van der Waals surface area contributed by atoms with E-state index in [2.05, 4.69) is 19.9 Å². The first-order chi connectivity index (χ1) is 21.6. The summed E-state index contributed by atoms with van der Waals surface area (Å²) in [5, 5.41) is 32.5. The fourth-order valence-corrected chi connectivity index (χ4v) is 4.67. The van der Waals surface area contributed by atoms with Crippen molar-refractivity contribution >= 4 is 23.0 Å². The van der Waals surface area contributed by atoms with E-state index in [9.17, 15) is 24.9 Å². The average molecular weight is 631 g/mol. The summed E-state index contributed by atoms with van der Waals surface area (Å²) >= 11 is 0. The van der Waals surface area contributed by atoms with Crippen LogP contribution in [0.1, 0.15) is 78.0 Å². The van der Waals surface area contributed by atoms with Crippen LogP contribution < -0.4 is 10.4 Å². The molecular formula is C38H46O8. The van der Waals surface area contributed by atoms with Crippen molar-refractivity contribution < 1.29 is 34.0 Å². The number of hydrogen-bond donors (Lipinski definition) is 3. The van der Waals surface area contributed by atoms with E-state index < -0.39 is 23.3 Å². The third-order valence-corrected chi connectivity index (χ3v) is 7.40. The summed E-state index contributed by atoms with van der Waals surface area (Å²) in [6, 6.07) is 9.35. The minimum Gasteiger partial charge on any atom is -0.508 e. The Morgan fingerprint density at radius 2 is 1.65 bits per heavy atom. The molecule has 3 N–H and O–H groups in total. The fraction of sp³-hybridized carbons (Fsp3) is 0.368. The van der Waals surface area contributed by atoms with E-state index in [1.165, 1.54) is 43.2 Å². The molecule has 0 aliphatic rings. The molecule has 0 spiro atoms. The predicted octanol–water partition coefficient (Wildman–Crippen LogP) is 7.72. The van der Waals surface area contributed by atoms with Crippen LogP contribution in [0.3, 0.4) is 0 Å². The Morgan fingerprint density at radius 3 is 2.33 bits per heavy atom. The molecule has 0 saturated carbocycles. The number of phenolic OH excluding ortho intramolecular Hbond substituents is 2. The first-order valence-electron chi connectivity index (χ1n) is 15.4. The monoisotopic (exact) mass is 630 g/mol. The van der Waals surface area contributed by atoms with Gasteiger partial charge in [0.05, 0.1) is 5.60 Å². The molecular weight excluding hydrogens is 584 g/mol. The minimum absolute atomic E-state index is 0.00849. The van der Waals surface area contributed by atoms with Crippen molar-refractivity contribution in [1.82, 2.24) is 0 Å². The predicted molar refractivity (Wildman–Crippen MR) is 182 cm³/mol. The number of ether oxygens (including phenoxy) is 2. The highest BCUT2D eigenvalue weighted by Crippen LogP contribution is 2.32. The van der Waals surface area contributed by atoms with Crippen molar-refractivity contribution in [3.8, 4) is 17.2 Å². The molecule has 0 bridgehead atoms. The van der Waals surface area contributed by atoms with Crippen molar-refractivity contribution in [2.75, 3.05) is 6.61 Å². The normalized spacial score (nSPS) is 12.7. The zero-order valence-corrected chi connectivity index (χ0v) is 27.8. The van der Waals surface area contributed by atoms with Gasteiger partial charge in [-0.2, -0.15) is 0 Å². The highest BCUT2D eigenvalue weighted by atomic mass is 16.6. The van der Waals surface area contributed by atoms with E-state index in [1.54, 1.807) is 24.3 Å². The molecule has 0 aliphatic heterocycles. The molecule has 0 fully saturated rings. The van der Waals surface area contributed by atoms with Crippen molar-refractivity contribution in [3.05, 3.63) is 105 Å². The van der Waals surface area contributed by atoms with Gasteiger partial charge in [0.15, 0.2) is 0 Å². The second kappa shape index (κ2) is 16.1. The third kappa shape index (κ3) is 10.8. The Morgan fingerprint density at radius 1 is 0.957 bits per heavy atom. The lowest BCUT2D eigenvalue weighted by Crippen LogP contribution is -2.41. The fourth-order valence-electron chi connectivity index (χ4n) is 4.67. The Labute approximate surface area is 271 Å². The zero-order valence-electron chi connectivity index (χ0n) is 27.8. The number of esters is 1. The van der Waals surface area contributed by atoms with Gasteiger partial charge in [0, 0.05) is 41.1 Å². The molecule has 1 heterocycles. The van der Waals surface area contributed by atoms with Crippen LogP contribution in [0.2, 0.25) is 0 Å². The maximum atomic E-state index is 13.1. The first kappa shape index (κ1) is 35.9. The van der Waals surface area contributed by atoms with E-state index in [-0.39, 0.29) is 30.1 Å². The Bertz CT molecular complexity index is 1700. The van der Waals surface area contributed by atoms with Crippen molar-refractivity contribution in [1.29, 1.82) is 0 Å². The van der Waals surface area contributed by atoms with E-state index in [1.807, 2.05) is 32.9 Å². The second-order valence-electron chi connectivity index (χ2n) is 12.5. The number of allylic oxidation sites excluding steroid dienone is 5. The van der Waals surface area contributed by atoms with Gasteiger partial charge < -0.3 is 29.2 Å². The molecule has 246 valence electrons. The number of phenols is 2. The van der Waals surface area contributed by atoms with Gasteiger partial charge in [-0.05, 0) is 110 Å². The second-order valence-corrected chi connectivity index (χ2v) is 12.5. The van der Waals surface area contributed by atoms with Crippen LogP contribution in [0.15, 0.2) is 86.6 Å². The Balaban J connectivity index is 1.85. The topological polar surface area (TPSA) is 126 Å². The summed E-state index contributed by atoms with van der Waals surface area (Å²) in [6.07, 6.45) is 9.90. The highest BCUT2D eigenvalue weighted by molar-refractivity contribution is 5.88. The van der Waals surface area contributed by atoms with E-state index in [4.69, 9.17) is 13.9 Å². The van der Waals surface area contributed by atoms with Crippen LogP contribution in [-0.4, -0.2) is 39.6 Å². The van der Waals surface area contributed by atoms with Crippen LogP contribution in [-0.2, 0) is 22.4 Å². The molecule has 0 amide bonds. The maximum Gasteiger partial charge on any atom is 0.336 e. The lowest BCUT2D eigenvalue weighted by molar-refractivity contribution is -0.155. The molecule has 0 aliphatic carbocycles. The zero-order chi connectivity index (χ0) is 34.0. The van der Waals surface area contributed by atoms with E-state index in [0.29, 0.717) is 34.2 Å². The smallest absolute Gasteiger partial charge is 0.336 e. The maximum absolute atomic E-state index is 13.1. The van der Waals surface area contributed by atoms with E-state index in [0.717, 1.165) is 24.5 Å². The quantitative estimate of drug-likeness (QED) is 0.0715. The van der Waals surface area contributed by atoms with Gasteiger partial charge in [-0.15, -0.1) is 0 Å². The van der Waals surface area contributed by atoms with Crippen molar-refractivity contribution in [2.45, 2.75) is 85.9 Å². The number of carbonyl (C=O) groups excluding carboxylic acids is 1. The van der Waals surface area contributed by atoms with Crippen LogP contribution in [0, 0.1) is 0 Å². The van der Waals surface area contributed by atoms with E-state index >= 15 is 0 Å². The Hall–Kier alpha value is -4.56. The van der Waals surface area contributed by atoms with Gasteiger partial charge in [0.2, 0.25) is 0 Å². The molecule has 1 atom stereocenters. The SMILES string of the molecule is CC(C)=CCC/C(C)=C/Cc1cc(/C=C/C(=O)O[C@@H](Cc2c(OCC=C(C)C)ccc3ccc(=O)oc23)C(C)(C)O)c(O)cc1O. The number of rotatable bonds is 14. The third-order valence-electron chi connectivity index (χ3n) is 7.40. The summed E-state index contributed by atoms with van der Waals surface area (Å²) in [6.45, 7) is 13.4.